The average Bonchev–Trinajstić information content (AvgIpc) is 3.61. The molecular formula is C47H35N5O. The van der Waals surface area contributed by atoms with E-state index in [1.54, 1.807) is 12.7 Å². The van der Waals surface area contributed by atoms with Gasteiger partial charge >= 0.3 is 0 Å². The van der Waals surface area contributed by atoms with Crippen LogP contribution in [0.3, 0.4) is 0 Å². The van der Waals surface area contributed by atoms with Crippen molar-refractivity contribution in [2.75, 3.05) is 0 Å². The highest BCUT2D eigenvalue weighted by Gasteiger charge is 2.17. The van der Waals surface area contributed by atoms with Gasteiger partial charge in [-0.1, -0.05) is 97.1 Å². The minimum Gasteiger partial charge on any atom is -0.456 e. The quantitative estimate of drug-likeness (QED) is 0.143. The fourth-order valence-electron chi connectivity index (χ4n) is 7.24. The highest BCUT2D eigenvalue weighted by molar-refractivity contribution is 6.06. The molecule has 0 saturated carbocycles. The van der Waals surface area contributed by atoms with Gasteiger partial charge in [-0.25, -0.2) is 19.9 Å². The summed E-state index contributed by atoms with van der Waals surface area (Å²) in [5, 5.41) is 2.23. The molecule has 0 atom stereocenters. The normalized spacial score (nSPS) is 11.3. The second-order valence-electron chi connectivity index (χ2n) is 13.4. The van der Waals surface area contributed by atoms with Crippen molar-refractivity contribution < 1.29 is 4.42 Å². The second kappa shape index (κ2) is 14.4. The number of hydrogen-bond acceptors (Lipinski definition) is 6. The van der Waals surface area contributed by atoms with Gasteiger partial charge in [-0.3, -0.25) is 4.98 Å². The molecule has 5 aromatic carbocycles. The van der Waals surface area contributed by atoms with Crippen LogP contribution in [0, 0.1) is 0 Å². The van der Waals surface area contributed by atoms with Crippen LogP contribution in [0.5, 0.6) is 0 Å². The molecule has 254 valence electrons. The molecule has 0 radical (unpaired) electrons. The predicted octanol–water partition coefficient (Wildman–Crippen LogP) is 10.8. The molecule has 0 fully saturated rings. The first-order chi connectivity index (χ1) is 26.2. The van der Waals surface area contributed by atoms with Crippen LogP contribution >= 0.6 is 0 Å². The topological polar surface area (TPSA) is 77.6 Å². The lowest BCUT2D eigenvalue weighted by Crippen LogP contribution is -1.99. The van der Waals surface area contributed by atoms with Gasteiger partial charge in [0.2, 0.25) is 0 Å². The number of fused-ring (bicyclic) bond motifs is 3. The minimum atomic E-state index is 0.858. The summed E-state index contributed by atoms with van der Waals surface area (Å²) >= 11 is 0. The Balaban J connectivity index is 1.17. The highest BCUT2D eigenvalue weighted by Crippen LogP contribution is 2.41. The third-order valence-corrected chi connectivity index (χ3v) is 9.88. The van der Waals surface area contributed by atoms with Crippen molar-refractivity contribution in [2.24, 2.45) is 0 Å². The Morgan fingerprint density at radius 2 is 0.981 bits per heavy atom. The van der Waals surface area contributed by atoms with E-state index in [1.165, 1.54) is 16.7 Å². The molecule has 0 unspecified atom stereocenters. The van der Waals surface area contributed by atoms with Crippen LogP contribution in [0.25, 0.3) is 66.6 Å². The van der Waals surface area contributed by atoms with Crippen LogP contribution in [-0.2, 0) is 25.7 Å². The first-order valence-corrected chi connectivity index (χ1v) is 17.9. The fraction of sp³-hybridized carbons (Fsp3) is 0.0851. The van der Waals surface area contributed by atoms with Crippen LogP contribution < -0.4 is 0 Å². The first kappa shape index (κ1) is 32.1. The lowest BCUT2D eigenvalue weighted by Gasteiger charge is -2.17. The number of aryl methyl sites for hydroxylation is 4. The van der Waals surface area contributed by atoms with Gasteiger partial charge in [-0.2, -0.15) is 0 Å². The molecule has 0 aliphatic rings. The van der Waals surface area contributed by atoms with Crippen molar-refractivity contribution in [3.63, 3.8) is 0 Å². The van der Waals surface area contributed by atoms with Gasteiger partial charge in [0.25, 0.3) is 0 Å². The highest BCUT2D eigenvalue weighted by atomic mass is 16.3. The Kier molecular flexibility index (Phi) is 8.76. The zero-order valence-corrected chi connectivity index (χ0v) is 29.1. The number of furan rings is 1. The summed E-state index contributed by atoms with van der Waals surface area (Å²) in [6, 6.07) is 43.1. The summed E-state index contributed by atoms with van der Waals surface area (Å²) in [4.78, 5) is 22.0. The van der Waals surface area contributed by atoms with Crippen molar-refractivity contribution in [3.05, 3.63) is 187 Å². The molecule has 0 aliphatic heterocycles. The Hall–Kier alpha value is -6.79. The molecule has 6 nitrogen and oxygen atoms in total. The standard InChI is InChI=1S/C47H35N5O/c1-2-8-36(9-3-1)45-24-43(37-18-19-42-41-12-6-7-13-46(41)53-47(42)23-37)44(29-52-45)40-11-5-4-10-39(40)38-21-32(14-16-34-25-48-30-49-26-34)20-33(22-38)15-17-35-27-50-31-51-28-35/h1-13,18-31H,14-17H2. The number of pyridine rings is 1. The predicted molar refractivity (Wildman–Crippen MR) is 212 cm³/mol. The van der Waals surface area contributed by atoms with E-state index in [9.17, 15) is 0 Å². The first-order valence-electron chi connectivity index (χ1n) is 17.9. The molecule has 0 spiro atoms. The molecule has 4 aromatic heterocycles. The molecule has 0 N–H and O–H groups in total. The molecular weight excluding hydrogens is 651 g/mol. The van der Waals surface area contributed by atoms with E-state index in [0.717, 1.165) is 97.8 Å². The number of benzene rings is 5. The number of hydrogen-bond donors (Lipinski definition) is 0. The van der Waals surface area contributed by atoms with Gasteiger partial charge in [-0.15, -0.1) is 0 Å². The van der Waals surface area contributed by atoms with E-state index in [-0.39, 0.29) is 0 Å². The molecule has 53 heavy (non-hydrogen) atoms. The summed E-state index contributed by atoms with van der Waals surface area (Å²) < 4.78 is 6.37. The van der Waals surface area contributed by atoms with Crippen molar-refractivity contribution in [3.8, 4) is 44.6 Å². The Bertz CT molecular complexity index is 2610. The number of aromatic nitrogens is 5. The molecule has 4 heterocycles. The molecule has 9 aromatic rings. The summed E-state index contributed by atoms with van der Waals surface area (Å²) in [7, 11) is 0. The molecule has 0 amide bonds. The fourth-order valence-corrected chi connectivity index (χ4v) is 7.24. The third-order valence-electron chi connectivity index (χ3n) is 9.88. The second-order valence-corrected chi connectivity index (χ2v) is 13.4. The van der Waals surface area contributed by atoms with Crippen molar-refractivity contribution in [1.29, 1.82) is 0 Å². The molecule has 0 bridgehead atoms. The maximum absolute atomic E-state index is 6.37. The molecule has 0 aliphatic carbocycles. The largest absolute Gasteiger partial charge is 0.456 e. The Labute approximate surface area is 307 Å². The van der Waals surface area contributed by atoms with Crippen molar-refractivity contribution in [2.45, 2.75) is 25.7 Å². The summed E-state index contributed by atoms with van der Waals surface area (Å²) in [5.41, 5.74) is 15.2. The van der Waals surface area contributed by atoms with E-state index >= 15 is 0 Å². The van der Waals surface area contributed by atoms with Crippen LogP contribution in [-0.4, -0.2) is 24.9 Å². The maximum Gasteiger partial charge on any atom is 0.136 e. The Morgan fingerprint density at radius 1 is 0.377 bits per heavy atom. The third kappa shape index (κ3) is 6.83. The van der Waals surface area contributed by atoms with Gasteiger partial charge < -0.3 is 4.42 Å². The molecule has 6 heteroatoms. The lowest BCUT2D eigenvalue weighted by atomic mass is 9.87. The number of nitrogens with zero attached hydrogens (tertiary/aromatic N) is 5. The van der Waals surface area contributed by atoms with E-state index in [1.807, 2.05) is 49.2 Å². The SMILES string of the molecule is c1ccc(-c2cc(-c3ccc4c(c3)oc3ccccc34)c(-c3ccccc3-c3cc(CCc4cncnc4)cc(CCc4cncnc4)c3)cn2)cc1. The summed E-state index contributed by atoms with van der Waals surface area (Å²) in [6.07, 6.45) is 16.3. The van der Waals surface area contributed by atoms with Gasteiger partial charge in [0, 0.05) is 52.9 Å². The van der Waals surface area contributed by atoms with Crippen LogP contribution in [0.2, 0.25) is 0 Å². The minimum absolute atomic E-state index is 0.858. The van der Waals surface area contributed by atoms with Crippen LogP contribution in [0.1, 0.15) is 22.3 Å². The molecule has 9 rings (SSSR count). The lowest BCUT2D eigenvalue weighted by molar-refractivity contribution is 0.669. The van der Waals surface area contributed by atoms with E-state index in [0.29, 0.717) is 0 Å². The maximum atomic E-state index is 6.37. The average molecular weight is 686 g/mol. The summed E-state index contributed by atoms with van der Waals surface area (Å²) in [6.45, 7) is 0. The van der Waals surface area contributed by atoms with Gasteiger partial charge in [0.05, 0.1) is 5.69 Å². The number of para-hydroxylation sites is 1. The van der Waals surface area contributed by atoms with E-state index in [2.05, 4.69) is 123 Å². The zero-order chi connectivity index (χ0) is 35.4. The zero-order valence-electron chi connectivity index (χ0n) is 29.1. The smallest absolute Gasteiger partial charge is 0.136 e. The van der Waals surface area contributed by atoms with E-state index in [4.69, 9.17) is 9.40 Å². The summed E-state index contributed by atoms with van der Waals surface area (Å²) in [5.74, 6) is 0. The van der Waals surface area contributed by atoms with Gasteiger partial charge in [0.1, 0.15) is 23.8 Å². The van der Waals surface area contributed by atoms with Crippen LogP contribution in [0.4, 0.5) is 0 Å². The van der Waals surface area contributed by atoms with Gasteiger partial charge in [0.15, 0.2) is 0 Å². The van der Waals surface area contributed by atoms with Gasteiger partial charge in [-0.05, 0) is 100 Å². The van der Waals surface area contributed by atoms with Crippen LogP contribution in [0.15, 0.2) is 169 Å². The van der Waals surface area contributed by atoms with Crippen molar-refractivity contribution >= 4 is 21.9 Å². The monoisotopic (exact) mass is 685 g/mol. The Morgan fingerprint density at radius 3 is 1.70 bits per heavy atom. The van der Waals surface area contributed by atoms with E-state index < -0.39 is 0 Å². The molecule has 0 saturated heterocycles. The van der Waals surface area contributed by atoms with Crippen molar-refractivity contribution in [1.82, 2.24) is 24.9 Å². The number of rotatable bonds is 10.